The molecule has 274 valence electrons. The number of nitrogens with one attached hydrogen (secondary N) is 2. The molecule has 1 saturated heterocycles. The van der Waals surface area contributed by atoms with Gasteiger partial charge in [-0.2, -0.15) is 0 Å². The lowest BCUT2D eigenvalue weighted by molar-refractivity contribution is -0.164. The van der Waals surface area contributed by atoms with E-state index >= 15 is 0 Å². The Kier molecular flexibility index (Phi) is 11.3. The summed E-state index contributed by atoms with van der Waals surface area (Å²) in [5.41, 5.74) is 6.51. The van der Waals surface area contributed by atoms with Crippen LogP contribution in [-0.2, 0) is 28.7 Å². The number of nitrogen functional groups attached to an aromatic ring is 1. The Morgan fingerprint density at radius 3 is 2.32 bits per heavy atom. The van der Waals surface area contributed by atoms with Gasteiger partial charge in [0.25, 0.3) is 5.91 Å². The number of nitrogens with two attached hydrogens (primary N) is 1. The maximum Gasteiger partial charge on any atom is 0.413 e. The molecule has 3 atom stereocenters. The summed E-state index contributed by atoms with van der Waals surface area (Å²) in [6.45, 7) is 5.17. The smallest absolute Gasteiger partial charge is 0.413 e. The second kappa shape index (κ2) is 16.1. The number of aromatic nitrogens is 3. The van der Waals surface area contributed by atoms with Gasteiger partial charge in [0.2, 0.25) is 5.91 Å². The average Bonchev–Trinajstić information content (AvgIpc) is 3.59. The first-order valence-corrected chi connectivity index (χ1v) is 18.7. The number of fused-ring (bicyclic) bond motifs is 1. The molecule has 1 fully saturated rings. The van der Waals surface area contributed by atoms with Crippen molar-refractivity contribution in [3.63, 3.8) is 0 Å². The number of β-lactam (4-membered cyclic amide) rings is 1. The van der Waals surface area contributed by atoms with E-state index < -0.39 is 53.0 Å². The zero-order valence-corrected chi connectivity index (χ0v) is 31.2. The number of carbonyl (C=O) groups is 4. The molecule has 0 spiro atoms. The van der Waals surface area contributed by atoms with E-state index in [-0.39, 0.29) is 27.5 Å². The number of thioether (sulfide) groups is 2. The fraction of sp³-hybridized carbons (Fsp3) is 0.257. The predicted octanol–water partition coefficient (Wildman–Crippen LogP) is 4.95. The van der Waals surface area contributed by atoms with Crippen LogP contribution >= 0.6 is 34.9 Å². The van der Waals surface area contributed by atoms with Crippen LogP contribution in [0.4, 0.5) is 15.7 Å². The second-order valence-electron chi connectivity index (χ2n) is 12.4. The summed E-state index contributed by atoms with van der Waals surface area (Å²) in [6, 6.07) is 17.8. The zero-order chi connectivity index (χ0) is 37.7. The summed E-state index contributed by atoms with van der Waals surface area (Å²) in [6.07, 6.45) is -0.000921. The van der Waals surface area contributed by atoms with Crippen LogP contribution in [0.2, 0.25) is 0 Å². The van der Waals surface area contributed by atoms with E-state index in [0.29, 0.717) is 4.91 Å². The molecule has 53 heavy (non-hydrogen) atoms. The molecule has 15 nitrogen and oxygen atoms in total. The predicted molar refractivity (Wildman–Crippen MR) is 201 cm³/mol. The number of rotatable bonds is 11. The van der Waals surface area contributed by atoms with Gasteiger partial charge in [0, 0.05) is 16.5 Å². The Balaban J connectivity index is 1.24. The molecule has 0 aliphatic carbocycles. The highest BCUT2D eigenvalue weighted by atomic mass is 32.2. The van der Waals surface area contributed by atoms with Gasteiger partial charge in [-0.15, -0.1) is 23.1 Å². The van der Waals surface area contributed by atoms with Crippen molar-refractivity contribution < 1.29 is 33.5 Å². The second-order valence-corrected chi connectivity index (χ2v) is 15.3. The fourth-order valence-electron chi connectivity index (χ4n) is 5.30. The number of nitrogens with zero attached hydrogens (tertiary/aromatic N) is 5. The Morgan fingerprint density at radius 1 is 1.02 bits per heavy atom. The SMILES string of the molecule is CO/N=C(\C(=O)NC1C(=O)N2C(C(=O)OC(c3ccccc3)c3ccccc3)C(Sc3nccc(N)n3)=CS[C@H]12)c1csc(NC(=O)OC(C)(C)C)n1. The molecule has 6 rings (SSSR count). The topological polar surface area (TPSA) is 200 Å². The van der Waals surface area contributed by atoms with Crippen molar-refractivity contribution in [3.8, 4) is 0 Å². The normalized spacial score (nSPS) is 18.3. The molecule has 18 heteroatoms. The van der Waals surface area contributed by atoms with Gasteiger partial charge in [-0.3, -0.25) is 14.9 Å². The van der Waals surface area contributed by atoms with E-state index in [9.17, 15) is 19.2 Å². The molecular formula is C35H34N8O7S3. The van der Waals surface area contributed by atoms with Crippen molar-refractivity contribution in [1.29, 1.82) is 0 Å². The molecular weight excluding hydrogens is 741 g/mol. The van der Waals surface area contributed by atoms with Gasteiger partial charge in [0.05, 0.1) is 0 Å². The van der Waals surface area contributed by atoms with Crippen molar-refractivity contribution in [1.82, 2.24) is 25.2 Å². The van der Waals surface area contributed by atoms with Gasteiger partial charge < -0.3 is 30.3 Å². The van der Waals surface area contributed by atoms with E-state index in [4.69, 9.17) is 20.0 Å². The Morgan fingerprint density at radius 2 is 1.70 bits per heavy atom. The van der Waals surface area contributed by atoms with Crippen LogP contribution in [0.25, 0.3) is 0 Å². The number of hydrogen-bond donors (Lipinski definition) is 3. The quantitative estimate of drug-likeness (QED) is 0.0609. The summed E-state index contributed by atoms with van der Waals surface area (Å²) in [5, 5.41) is 12.1. The maximum atomic E-state index is 14.3. The van der Waals surface area contributed by atoms with Crippen LogP contribution in [-0.4, -0.2) is 79.6 Å². The van der Waals surface area contributed by atoms with Crippen LogP contribution in [0.3, 0.4) is 0 Å². The monoisotopic (exact) mass is 774 g/mol. The lowest BCUT2D eigenvalue weighted by Gasteiger charge is -2.51. The number of benzene rings is 2. The fourth-order valence-corrected chi connectivity index (χ4v) is 8.23. The molecule has 2 aromatic heterocycles. The zero-order valence-electron chi connectivity index (χ0n) is 28.8. The van der Waals surface area contributed by atoms with Gasteiger partial charge in [-0.1, -0.05) is 77.6 Å². The van der Waals surface area contributed by atoms with Gasteiger partial charge >= 0.3 is 12.1 Å². The number of ether oxygens (including phenoxy) is 2. The first-order valence-electron chi connectivity index (χ1n) is 16.0. The van der Waals surface area contributed by atoms with Gasteiger partial charge in [-0.05, 0) is 43.4 Å². The molecule has 3 amide bonds. The first-order chi connectivity index (χ1) is 25.4. The van der Waals surface area contributed by atoms with E-state index in [0.717, 1.165) is 34.2 Å². The third-order valence-corrected chi connectivity index (χ3v) is 10.5. The van der Waals surface area contributed by atoms with E-state index in [1.54, 1.807) is 26.2 Å². The summed E-state index contributed by atoms with van der Waals surface area (Å²) in [7, 11) is 1.26. The number of thiazole rings is 1. The van der Waals surface area contributed by atoms with Crippen molar-refractivity contribution in [2.75, 3.05) is 18.2 Å². The number of carbonyl (C=O) groups excluding carboxylic acids is 4. The minimum atomic E-state index is -1.20. The van der Waals surface area contributed by atoms with Crippen molar-refractivity contribution >= 4 is 75.4 Å². The third kappa shape index (κ3) is 8.78. The summed E-state index contributed by atoms with van der Waals surface area (Å²) >= 11 is 3.36. The van der Waals surface area contributed by atoms with E-state index in [2.05, 4.69) is 30.7 Å². The highest BCUT2D eigenvalue weighted by Gasteiger charge is 2.57. The number of anilines is 2. The highest BCUT2D eigenvalue weighted by Crippen LogP contribution is 2.45. The highest BCUT2D eigenvalue weighted by molar-refractivity contribution is 8.06. The van der Waals surface area contributed by atoms with Crippen molar-refractivity contribution in [3.05, 3.63) is 105 Å². The molecule has 4 heterocycles. The Bertz CT molecular complexity index is 2020. The standard InChI is InChI=1S/C35H34N8O7S3/c1-35(2,3)50-34(47)41-33-38-21(17-52-33)24(42-48-4)28(44)40-25-29(45)43-26(22(18-51-30(25)43)53-32-37-16-15-23(36)39-32)31(46)49-27(19-11-7-5-8-12-19)20-13-9-6-10-14-20/h5-18,25-27,30H,1-4H3,(H,40,44)(H2,36,37,39)(H,38,41,47)/b42-24-/t25?,26?,30-/m1/s1. The minimum absolute atomic E-state index is 0.0929. The van der Waals surface area contributed by atoms with E-state index in [1.807, 2.05) is 60.7 Å². The molecule has 0 bridgehead atoms. The summed E-state index contributed by atoms with van der Waals surface area (Å²) < 4.78 is 11.5. The summed E-state index contributed by atoms with van der Waals surface area (Å²) in [4.78, 5) is 73.6. The van der Waals surface area contributed by atoms with Crippen molar-refractivity contribution in [2.24, 2.45) is 5.16 Å². The molecule has 4 N–H and O–H groups in total. The van der Waals surface area contributed by atoms with Crippen LogP contribution in [0.15, 0.2) is 98.9 Å². The molecule has 2 aliphatic heterocycles. The number of esters is 1. The van der Waals surface area contributed by atoms with Crippen LogP contribution in [0.1, 0.15) is 43.7 Å². The van der Waals surface area contributed by atoms with Crippen LogP contribution in [0, 0.1) is 0 Å². The Labute approximate surface area is 316 Å². The molecule has 2 unspecified atom stereocenters. The number of hydrogen-bond acceptors (Lipinski definition) is 15. The molecule has 0 radical (unpaired) electrons. The first kappa shape index (κ1) is 37.3. The largest absolute Gasteiger partial charge is 0.451 e. The number of oxime groups is 1. The molecule has 4 aromatic rings. The molecule has 2 aromatic carbocycles. The van der Waals surface area contributed by atoms with Gasteiger partial charge in [0.1, 0.15) is 35.6 Å². The lowest BCUT2D eigenvalue weighted by Crippen LogP contribution is -2.74. The van der Waals surface area contributed by atoms with Gasteiger partial charge in [-0.25, -0.2) is 24.5 Å². The Hall–Kier alpha value is -5.46. The van der Waals surface area contributed by atoms with E-state index in [1.165, 1.54) is 41.4 Å². The molecule has 2 aliphatic rings. The lowest BCUT2D eigenvalue weighted by atomic mass is 10.00. The third-order valence-electron chi connectivity index (χ3n) is 7.52. The van der Waals surface area contributed by atoms with Crippen molar-refractivity contribution in [2.45, 2.75) is 55.1 Å². The number of amides is 3. The van der Waals surface area contributed by atoms with Gasteiger partial charge in [0.15, 0.2) is 28.1 Å². The average molecular weight is 775 g/mol. The summed E-state index contributed by atoms with van der Waals surface area (Å²) in [5.74, 6) is -1.75. The van der Waals surface area contributed by atoms with Crippen LogP contribution < -0.4 is 16.4 Å². The maximum absolute atomic E-state index is 14.3. The van der Waals surface area contributed by atoms with Crippen LogP contribution in [0.5, 0.6) is 0 Å². The molecule has 0 saturated carbocycles. The minimum Gasteiger partial charge on any atom is -0.451 e.